The largest absolute Gasteiger partial charge is 0.494 e. The first kappa shape index (κ1) is 16.2. The van der Waals surface area contributed by atoms with Crippen molar-refractivity contribution in [3.05, 3.63) is 39.5 Å². The van der Waals surface area contributed by atoms with Gasteiger partial charge in [-0.3, -0.25) is 4.79 Å². The van der Waals surface area contributed by atoms with E-state index < -0.39 is 5.91 Å². The van der Waals surface area contributed by atoms with Gasteiger partial charge in [0, 0.05) is 18.1 Å². The molecule has 1 aliphatic heterocycles. The summed E-state index contributed by atoms with van der Waals surface area (Å²) in [7, 11) is 1.64. The molecule has 2 aromatic rings. The van der Waals surface area contributed by atoms with Gasteiger partial charge in [-0.05, 0) is 18.2 Å². The van der Waals surface area contributed by atoms with Crippen molar-refractivity contribution in [2.75, 3.05) is 26.9 Å². The lowest BCUT2D eigenvalue weighted by molar-refractivity contribution is -0.119. The number of hydrogen-bond donors (Lipinski definition) is 0. The molecule has 0 N–H and O–H groups in total. The fourth-order valence-corrected chi connectivity index (χ4v) is 3.76. The van der Waals surface area contributed by atoms with Crippen molar-refractivity contribution < 1.29 is 19.0 Å². The maximum Gasteiger partial charge on any atom is 0.317 e. The zero-order chi connectivity index (χ0) is 16.2. The number of methoxy groups -OCH3 is 1. The predicted octanol–water partition coefficient (Wildman–Crippen LogP) is 2.43. The first-order chi connectivity index (χ1) is 11.2. The Morgan fingerprint density at radius 3 is 3.09 bits per heavy atom. The van der Waals surface area contributed by atoms with Crippen LogP contribution in [0.1, 0.15) is 0 Å². The number of carbonyl (C=O) groups is 1. The molecule has 1 aromatic carbocycles. The fourth-order valence-electron chi connectivity index (χ4n) is 2.15. The van der Waals surface area contributed by atoms with Gasteiger partial charge in [0.2, 0.25) is 5.76 Å². The van der Waals surface area contributed by atoms with E-state index in [0.717, 1.165) is 14.7 Å². The van der Waals surface area contributed by atoms with Gasteiger partial charge in [-0.1, -0.05) is 27.3 Å². The molecule has 6 nitrogen and oxygen atoms in total. The van der Waals surface area contributed by atoms with Gasteiger partial charge >= 0.3 is 5.91 Å². The Hall–Kier alpha value is -1.64. The second kappa shape index (κ2) is 7.29. The Kier molecular flexibility index (Phi) is 5.14. The summed E-state index contributed by atoms with van der Waals surface area (Å²) < 4.78 is 19.5. The van der Waals surface area contributed by atoms with Crippen LogP contribution in [-0.2, 0) is 25.5 Å². The molecule has 1 aromatic heterocycles. The SMILES string of the molecule is COCCn1c(=NC(=O)C2=COCCO2)sc2cc(Br)ccc21. The number of ether oxygens (including phenoxy) is 3. The average Bonchev–Trinajstić information content (AvgIpc) is 2.89. The van der Waals surface area contributed by atoms with E-state index in [4.69, 9.17) is 14.2 Å². The highest BCUT2D eigenvalue weighted by Crippen LogP contribution is 2.22. The van der Waals surface area contributed by atoms with Gasteiger partial charge in [0.05, 0.1) is 16.8 Å². The molecule has 0 spiro atoms. The van der Waals surface area contributed by atoms with E-state index in [2.05, 4.69) is 20.9 Å². The summed E-state index contributed by atoms with van der Waals surface area (Å²) in [6, 6.07) is 5.96. The standard InChI is InChI=1S/C15H15BrN2O4S/c1-20-5-4-18-11-3-2-10(16)8-13(11)23-15(18)17-14(19)12-9-21-6-7-22-12/h2-3,8-9H,4-7H2,1H3. The molecule has 0 radical (unpaired) electrons. The number of aromatic nitrogens is 1. The predicted molar refractivity (Wildman–Crippen MR) is 89.9 cm³/mol. The van der Waals surface area contributed by atoms with E-state index in [1.807, 2.05) is 22.8 Å². The molecule has 0 bridgehead atoms. The second-order valence-corrected chi connectivity index (χ2v) is 6.68. The first-order valence-electron chi connectivity index (χ1n) is 7.00. The van der Waals surface area contributed by atoms with Gasteiger partial charge in [0.25, 0.3) is 0 Å². The number of carbonyl (C=O) groups excluding carboxylic acids is 1. The van der Waals surface area contributed by atoms with E-state index in [1.54, 1.807) is 7.11 Å². The molecule has 0 aliphatic carbocycles. The van der Waals surface area contributed by atoms with Crippen LogP contribution in [0.15, 0.2) is 39.7 Å². The molecule has 8 heteroatoms. The number of benzene rings is 1. The molecule has 2 heterocycles. The number of amides is 1. The van der Waals surface area contributed by atoms with Crippen LogP contribution in [0.2, 0.25) is 0 Å². The monoisotopic (exact) mass is 398 g/mol. The van der Waals surface area contributed by atoms with Crippen LogP contribution in [0.5, 0.6) is 0 Å². The zero-order valence-electron chi connectivity index (χ0n) is 12.5. The molecule has 122 valence electrons. The number of thiazole rings is 1. The van der Waals surface area contributed by atoms with Crippen LogP contribution >= 0.6 is 27.3 Å². The summed E-state index contributed by atoms with van der Waals surface area (Å²) in [5.41, 5.74) is 1.01. The summed E-state index contributed by atoms with van der Waals surface area (Å²) in [4.78, 5) is 17.1. The number of fused-ring (bicyclic) bond motifs is 1. The van der Waals surface area contributed by atoms with Crippen LogP contribution in [0.3, 0.4) is 0 Å². The lowest BCUT2D eigenvalue weighted by Gasteiger charge is -2.12. The number of hydrogen-bond acceptors (Lipinski definition) is 5. The highest BCUT2D eigenvalue weighted by molar-refractivity contribution is 9.10. The third-order valence-corrected chi connectivity index (χ3v) is 4.76. The minimum atomic E-state index is -0.443. The van der Waals surface area contributed by atoms with Crippen molar-refractivity contribution in [1.29, 1.82) is 0 Å². The Morgan fingerprint density at radius 2 is 2.35 bits per heavy atom. The number of nitrogens with zero attached hydrogens (tertiary/aromatic N) is 2. The van der Waals surface area contributed by atoms with Gasteiger partial charge in [-0.2, -0.15) is 4.99 Å². The summed E-state index contributed by atoms with van der Waals surface area (Å²) in [6.07, 6.45) is 1.32. The summed E-state index contributed by atoms with van der Waals surface area (Å²) in [5.74, 6) is -0.310. The molecular weight excluding hydrogens is 384 g/mol. The number of halogens is 1. The summed E-state index contributed by atoms with van der Waals surface area (Å²) in [5, 5.41) is 0. The van der Waals surface area contributed by atoms with Crippen molar-refractivity contribution in [2.45, 2.75) is 6.54 Å². The average molecular weight is 399 g/mol. The third-order valence-electron chi connectivity index (χ3n) is 3.22. The Bertz CT molecular complexity index is 824. The van der Waals surface area contributed by atoms with Crippen LogP contribution < -0.4 is 4.80 Å². The van der Waals surface area contributed by atoms with Crippen LogP contribution in [0.4, 0.5) is 0 Å². The maximum atomic E-state index is 12.3. The quantitative estimate of drug-likeness (QED) is 0.793. The molecular formula is C15H15BrN2O4S. The van der Waals surface area contributed by atoms with Crippen molar-refractivity contribution in [3.8, 4) is 0 Å². The van der Waals surface area contributed by atoms with E-state index >= 15 is 0 Å². The molecule has 0 saturated carbocycles. The molecule has 1 aliphatic rings. The molecule has 0 unspecified atom stereocenters. The lowest BCUT2D eigenvalue weighted by Crippen LogP contribution is -2.21. The van der Waals surface area contributed by atoms with E-state index in [9.17, 15) is 4.79 Å². The van der Waals surface area contributed by atoms with Gasteiger partial charge in [-0.25, -0.2) is 0 Å². The summed E-state index contributed by atoms with van der Waals surface area (Å²) in [6.45, 7) is 1.95. The van der Waals surface area contributed by atoms with Crippen molar-refractivity contribution in [3.63, 3.8) is 0 Å². The van der Waals surface area contributed by atoms with Crippen LogP contribution in [-0.4, -0.2) is 37.4 Å². The second-order valence-electron chi connectivity index (χ2n) is 4.76. The smallest absolute Gasteiger partial charge is 0.317 e. The molecule has 3 rings (SSSR count). The maximum absolute atomic E-state index is 12.3. The Labute approximate surface area is 145 Å². The van der Waals surface area contributed by atoms with Gasteiger partial charge in [0.15, 0.2) is 4.80 Å². The highest BCUT2D eigenvalue weighted by atomic mass is 79.9. The van der Waals surface area contributed by atoms with Gasteiger partial charge in [0.1, 0.15) is 19.5 Å². The molecule has 0 atom stereocenters. The first-order valence-corrected chi connectivity index (χ1v) is 8.61. The molecule has 23 heavy (non-hydrogen) atoms. The minimum absolute atomic E-state index is 0.133. The normalized spacial score (nSPS) is 15.2. The van der Waals surface area contributed by atoms with Gasteiger partial charge < -0.3 is 18.8 Å². The Balaban J connectivity index is 2.05. The van der Waals surface area contributed by atoms with Crippen molar-refractivity contribution in [2.24, 2.45) is 4.99 Å². The number of rotatable bonds is 4. The third kappa shape index (κ3) is 3.65. The molecule has 0 fully saturated rings. The molecule has 0 saturated heterocycles. The van der Waals surface area contributed by atoms with Crippen molar-refractivity contribution >= 4 is 43.4 Å². The minimum Gasteiger partial charge on any atom is -0.494 e. The summed E-state index contributed by atoms with van der Waals surface area (Å²) >= 11 is 4.91. The lowest BCUT2D eigenvalue weighted by atomic mass is 10.3. The topological polar surface area (TPSA) is 62.1 Å². The van der Waals surface area contributed by atoms with Crippen LogP contribution in [0.25, 0.3) is 10.2 Å². The van der Waals surface area contributed by atoms with Crippen molar-refractivity contribution in [1.82, 2.24) is 4.57 Å². The van der Waals surface area contributed by atoms with E-state index in [0.29, 0.717) is 31.2 Å². The molecule has 1 amide bonds. The zero-order valence-corrected chi connectivity index (χ0v) is 14.9. The fraction of sp³-hybridized carbons (Fsp3) is 0.333. The Morgan fingerprint density at radius 1 is 1.48 bits per heavy atom. The van der Waals surface area contributed by atoms with E-state index in [-0.39, 0.29) is 5.76 Å². The van der Waals surface area contributed by atoms with Gasteiger partial charge in [-0.15, -0.1) is 0 Å². The van der Waals surface area contributed by atoms with E-state index in [1.165, 1.54) is 17.6 Å². The highest BCUT2D eigenvalue weighted by Gasteiger charge is 2.15. The van der Waals surface area contributed by atoms with Crippen LogP contribution in [0, 0.1) is 0 Å².